The van der Waals surface area contributed by atoms with Crippen molar-refractivity contribution in [3.8, 4) is 0 Å². The molecule has 0 aliphatic heterocycles. The van der Waals surface area contributed by atoms with Crippen LogP contribution in [0, 0.1) is 0 Å². The molecule has 0 aromatic carbocycles. The van der Waals surface area contributed by atoms with Crippen molar-refractivity contribution in [3.05, 3.63) is 25.3 Å². The number of aliphatic imine (C=N–C) groups is 1. The second kappa shape index (κ2) is 14.5. The lowest BCUT2D eigenvalue weighted by Crippen LogP contribution is -2.39. The summed E-state index contributed by atoms with van der Waals surface area (Å²) in [5, 5.41) is 3.28. The normalized spacial score (nSPS) is 10.4. The quantitative estimate of drug-likeness (QED) is 0.223. The van der Waals surface area contributed by atoms with Crippen LogP contribution in [0.3, 0.4) is 0 Å². The molecule has 0 spiro atoms. The van der Waals surface area contributed by atoms with E-state index in [1.807, 2.05) is 12.2 Å². The molecule has 3 nitrogen and oxygen atoms in total. The topological polar surface area (TPSA) is 27.6 Å². The Morgan fingerprint density at radius 1 is 1.22 bits per heavy atom. The molecular weight excluding hydrogens is 337 g/mol. The van der Waals surface area contributed by atoms with Gasteiger partial charge >= 0.3 is 0 Å². The fraction of sp³-hybridized carbons (Fsp3) is 0.643. The van der Waals surface area contributed by atoms with Crippen molar-refractivity contribution in [2.75, 3.05) is 26.7 Å². The number of nitrogens with zero attached hydrogens (tertiary/aromatic N) is 2. The Kier molecular flexibility index (Phi) is 16.0. The van der Waals surface area contributed by atoms with Gasteiger partial charge in [0.2, 0.25) is 0 Å². The van der Waals surface area contributed by atoms with Gasteiger partial charge in [-0.05, 0) is 26.2 Å². The second-order valence-electron chi connectivity index (χ2n) is 4.04. The number of allylic oxidation sites excluding steroid dienone is 1. The van der Waals surface area contributed by atoms with Crippen LogP contribution in [-0.2, 0) is 0 Å². The van der Waals surface area contributed by atoms with Crippen molar-refractivity contribution in [1.82, 2.24) is 10.2 Å². The third kappa shape index (κ3) is 10.6. The molecule has 106 valence electrons. The zero-order chi connectivity index (χ0) is 12.9. The van der Waals surface area contributed by atoms with E-state index in [0.29, 0.717) is 6.54 Å². The highest BCUT2D eigenvalue weighted by Crippen LogP contribution is 2.01. The molecule has 0 amide bonds. The molecule has 18 heavy (non-hydrogen) atoms. The van der Waals surface area contributed by atoms with E-state index in [1.165, 1.54) is 19.3 Å². The van der Waals surface area contributed by atoms with E-state index >= 15 is 0 Å². The van der Waals surface area contributed by atoms with E-state index in [9.17, 15) is 0 Å². The molecule has 0 saturated carbocycles. The Bertz CT molecular complexity index is 239. The number of rotatable bonds is 9. The molecule has 4 heteroatoms. The van der Waals surface area contributed by atoms with Crippen LogP contribution in [-0.4, -0.2) is 37.5 Å². The first-order valence-electron chi connectivity index (χ1n) is 6.47. The summed E-state index contributed by atoms with van der Waals surface area (Å²) in [6, 6.07) is 0. The first-order chi connectivity index (χ1) is 8.26. The minimum Gasteiger partial charge on any atom is -0.357 e. The molecular formula is C14H28IN3. The third-order valence-electron chi connectivity index (χ3n) is 2.47. The predicted octanol–water partition coefficient (Wildman–Crippen LogP) is 3.43. The van der Waals surface area contributed by atoms with E-state index in [-0.39, 0.29) is 24.0 Å². The van der Waals surface area contributed by atoms with Gasteiger partial charge in [0.05, 0.1) is 6.54 Å². The predicted molar refractivity (Wildman–Crippen MR) is 92.9 cm³/mol. The van der Waals surface area contributed by atoms with Gasteiger partial charge in [0, 0.05) is 20.1 Å². The molecule has 0 rings (SSSR count). The van der Waals surface area contributed by atoms with Crippen LogP contribution in [0.2, 0.25) is 0 Å². The number of hydrogen-bond donors (Lipinski definition) is 1. The monoisotopic (exact) mass is 365 g/mol. The Morgan fingerprint density at radius 3 is 2.50 bits per heavy atom. The van der Waals surface area contributed by atoms with Crippen LogP contribution in [0.5, 0.6) is 0 Å². The number of unbranched alkanes of at least 4 members (excludes halogenated alkanes) is 3. The van der Waals surface area contributed by atoms with Gasteiger partial charge in [-0.1, -0.05) is 18.6 Å². The van der Waals surface area contributed by atoms with E-state index in [4.69, 9.17) is 0 Å². The summed E-state index contributed by atoms with van der Waals surface area (Å²) in [5.74, 6) is 0.969. The van der Waals surface area contributed by atoms with Gasteiger partial charge in [-0.25, -0.2) is 4.99 Å². The van der Waals surface area contributed by atoms with Gasteiger partial charge in [0.25, 0.3) is 0 Å². The van der Waals surface area contributed by atoms with Gasteiger partial charge in [0.1, 0.15) is 0 Å². The van der Waals surface area contributed by atoms with Crippen LogP contribution in [0.1, 0.15) is 32.6 Å². The lowest BCUT2D eigenvalue weighted by Gasteiger charge is -2.21. The highest BCUT2D eigenvalue weighted by atomic mass is 127. The Labute approximate surface area is 129 Å². The highest BCUT2D eigenvalue weighted by molar-refractivity contribution is 14.0. The minimum atomic E-state index is 0. The maximum atomic E-state index is 4.44. The van der Waals surface area contributed by atoms with Crippen LogP contribution < -0.4 is 5.32 Å². The summed E-state index contributed by atoms with van der Waals surface area (Å²) < 4.78 is 0. The summed E-state index contributed by atoms with van der Waals surface area (Å²) in [7, 11) is 2.08. The van der Waals surface area contributed by atoms with E-state index < -0.39 is 0 Å². The lowest BCUT2D eigenvalue weighted by atomic mass is 10.2. The minimum absolute atomic E-state index is 0. The molecule has 0 unspecified atom stereocenters. The number of halogens is 1. The van der Waals surface area contributed by atoms with E-state index in [1.54, 1.807) is 0 Å². The Balaban J connectivity index is 0. The molecule has 0 aliphatic rings. The van der Waals surface area contributed by atoms with Crippen molar-refractivity contribution < 1.29 is 0 Å². The van der Waals surface area contributed by atoms with Crippen LogP contribution in [0.25, 0.3) is 0 Å². The van der Waals surface area contributed by atoms with E-state index in [0.717, 1.165) is 25.5 Å². The number of hydrogen-bond acceptors (Lipinski definition) is 1. The van der Waals surface area contributed by atoms with Gasteiger partial charge in [-0.3, -0.25) is 0 Å². The summed E-state index contributed by atoms with van der Waals surface area (Å²) in [5.41, 5.74) is 0. The summed E-state index contributed by atoms with van der Waals surface area (Å²) in [6.45, 7) is 12.1. The molecule has 0 bridgehead atoms. The van der Waals surface area contributed by atoms with Gasteiger partial charge in [-0.15, -0.1) is 37.1 Å². The zero-order valence-electron chi connectivity index (χ0n) is 11.8. The second-order valence-corrected chi connectivity index (χ2v) is 4.04. The SMILES string of the molecule is C=CCCCCCN(C)C(=NCC=C)NCC.I. The van der Waals surface area contributed by atoms with Crippen molar-refractivity contribution in [1.29, 1.82) is 0 Å². The third-order valence-corrected chi connectivity index (χ3v) is 2.47. The summed E-state index contributed by atoms with van der Waals surface area (Å²) in [4.78, 5) is 6.63. The average molecular weight is 365 g/mol. The van der Waals surface area contributed by atoms with Crippen molar-refractivity contribution in [2.24, 2.45) is 4.99 Å². The number of nitrogens with one attached hydrogen (secondary N) is 1. The highest BCUT2D eigenvalue weighted by Gasteiger charge is 2.03. The van der Waals surface area contributed by atoms with Crippen LogP contribution in [0.15, 0.2) is 30.3 Å². The largest absolute Gasteiger partial charge is 0.357 e. The van der Waals surface area contributed by atoms with Crippen molar-refractivity contribution in [2.45, 2.75) is 32.6 Å². The van der Waals surface area contributed by atoms with Crippen LogP contribution in [0.4, 0.5) is 0 Å². The first-order valence-corrected chi connectivity index (χ1v) is 6.47. The van der Waals surface area contributed by atoms with Crippen molar-refractivity contribution >= 4 is 29.9 Å². The molecule has 0 saturated heterocycles. The molecule has 0 heterocycles. The zero-order valence-corrected chi connectivity index (χ0v) is 14.2. The lowest BCUT2D eigenvalue weighted by molar-refractivity contribution is 0.456. The molecule has 0 atom stereocenters. The maximum Gasteiger partial charge on any atom is 0.193 e. The smallest absolute Gasteiger partial charge is 0.193 e. The molecule has 0 radical (unpaired) electrons. The molecule has 1 N–H and O–H groups in total. The fourth-order valence-corrected chi connectivity index (χ4v) is 1.54. The summed E-state index contributed by atoms with van der Waals surface area (Å²) in [6.07, 6.45) is 8.60. The van der Waals surface area contributed by atoms with Gasteiger partial charge in [-0.2, -0.15) is 0 Å². The molecule has 0 aliphatic carbocycles. The van der Waals surface area contributed by atoms with Gasteiger partial charge < -0.3 is 10.2 Å². The van der Waals surface area contributed by atoms with Gasteiger partial charge in [0.15, 0.2) is 5.96 Å². The number of guanidine groups is 1. The molecule has 0 aromatic heterocycles. The Hall–Kier alpha value is -0.520. The Morgan fingerprint density at radius 2 is 1.94 bits per heavy atom. The molecule has 0 fully saturated rings. The van der Waals surface area contributed by atoms with Crippen LogP contribution >= 0.6 is 24.0 Å². The summed E-state index contributed by atoms with van der Waals surface area (Å²) >= 11 is 0. The first kappa shape index (κ1) is 19.8. The maximum absolute atomic E-state index is 4.44. The van der Waals surface area contributed by atoms with E-state index in [2.05, 4.69) is 42.3 Å². The van der Waals surface area contributed by atoms with Crippen molar-refractivity contribution in [3.63, 3.8) is 0 Å². The average Bonchev–Trinajstić information content (AvgIpc) is 2.34. The fourth-order valence-electron chi connectivity index (χ4n) is 1.54. The molecule has 0 aromatic rings. The standard InChI is InChI=1S/C14H27N3.HI/c1-5-8-9-10-11-13-17(4)14(15-7-3)16-12-6-2;/h5-6H,1-2,7-13H2,3-4H3,(H,15,16);1H.